The Kier molecular flexibility index (Phi) is 3.95. The first-order valence-corrected chi connectivity index (χ1v) is 8.41. The number of halogens is 1. The quantitative estimate of drug-likeness (QED) is 0.925. The van der Waals surface area contributed by atoms with Gasteiger partial charge in [0.25, 0.3) is 5.91 Å². The number of hydrogen-bond acceptors (Lipinski definition) is 2. The molecule has 5 nitrogen and oxygen atoms in total. The van der Waals surface area contributed by atoms with Crippen molar-refractivity contribution in [1.29, 1.82) is 0 Å². The third-order valence-corrected chi connectivity index (χ3v) is 4.87. The molecule has 1 N–H and O–H groups in total. The van der Waals surface area contributed by atoms with Gasteiger partial charge < -0.3 is 10.2 Å². The Morgan fingerprint density at radius 1 is 1.08 bits per heavy atom. The normalized spacial score (nSPS) is 19.7. The van der Waals surface area contributed by atoms with Crippen molar-refractivity contribution in [3.8, 4) is 0 Å². The Bertz CT molecular complexity index is 910. The molecule has 2 aromatic rings. The van der Waals surface area contributed by atoms with E-state index in [-0.39, 0.29) is 11.9 Å². The van der Waals surface area contributed by atoms with Gasteiger partial charge in [0.2, 0.25) is 0 Å². The van der Waals surface area contributed by atoms with E-state index in [4.69, 9.17) is 0 Å². The molecular formula is C20H18FN3O2. The first-order chi connectivity index (χ1) is 12.6. The van der Waals surface area contributed by atoms with Crippen LogP contribution in [-0.2, 0) is 11.3 Å². The average molecular weight is 351 g/mol. The first kappa shape index (κ1) is 16.3. The van der Waals surface area contributed by atoms with Gasteiger partial charge in [-0.05, 0) is 11.6 Å². The summed E-state index contributed by atoms with van der Waals surface area (Å²) >= 11 is 0. The second-order valence-electron chi connectivity index (χ2n) is 6.47. The van der Waals surface area contributed by atoms with E-state index >= 15 is 0 Å². The molecule has 132 valence electrons. The lowest BCUT2D eigenvalue weighted by Gasteiger charge is -2.31. The average Bonchev–Trinajstić information content (AvgIpc) is 2.97. The number of likely N-dealkylation sites (N-methyl/N-ethyl adjacent to an activating group) is 1. The highest BCUT2D eigenvalue weighted by Crippen LogP contribution is 2.36. The fourth-order valence-electron chi connectivity index (χ4n) is 3.50. The Morgan fingerprint density at radius 3 is 2.50 bits per heavy atom. The maximum absolute atomic E-state index is 14.3. The molecule has 4 rings (SSSR count). The largest absolute Gasteiger partial charge is 0.329 e. The lowest BCUT2D eigenvalue weighted by atomic mass is 9.95. The van der Waals surface area contributed by atoms with Gasteiger partial charge >= 0.3 is 6.03 Å². The van der Waals surface area contributed by atoms with E-state index in [0.717, 1.165) is 5.56 Å². The summed E-state index contributed by atoms with van der Waals surface area (Å²) in [4.78, 5) is 28.5. The minimum Gasteiger partial charge on any atom is -0.329 e. The van der Waals surface area contributed by atoms with Crippen molar-refractivity contribution < 1.29 is 14.0 Å². The standard InChI is InChI=1S/C20H18FN3O2/c1-23-16-12-24(11-13-7-3-2-4-8-13)19(25)17(16)18(22-20(23)26)14-9-5-6-10-15(14)21/h2-10,18H,11-12H2,1H3,(H,22,26)/t18-/m0/s1. The molecule has 3 amide bonds. The summed E-state index contributed by atoms with van der Waals surface area (Å²) in [5.41, 5.74) is 2.37. The van der Waals surface area contributed by atoms with E-state index in [1.54, 1.807) is 30.1 Å². The highest BCUT2D eigenvalue weighted by Gasteiger charge is 2.43. The smallest absolute Gasteiger partial charge is 0.322 e. The van der Waals surface area contributed by atoms with Crippen LogP contribution < -0.4 is 5.32 Å². The van der Waals surface area contributed by atoms with Crippen LogP contribution in [-0.4, -0.2) is 35.3 Å². The predicted molar refractivity (Wildman–Crippen MR) is 94.3 cm³/mol. The second kappa shape index (κ2) is 6.29. The molecule has 0 unspecified atom stereocenters. The van der Waals surface area contributed by atoms with Crippen molar-refractivity contribution in [2.45, 2.75) is 12.6 Å². The summed E-state index contributed by atoms with van der Waals surface area (Å²) < 4.78 is 14.3. The van der Waals surface area contributed by atoms with Crippen LogP contribution in [0.1, 0.15) is 17.2 Å². The highest BCUT2D eigenvalue weighted by molar-refractivity contribution is 6.01. The maximum Gasteiger partial charge on any atom is 0.322 e. The molecule has 0 radical (unpaired) electrons. The first-order valence-electron chi connectivity index (χ1n) is 8.41. The Balaban J connectivity index is 1.70. The molecule has 2 aromatic carbocycles. The lowest BCUT2D eigenvalue weighted by Crippen LogP contribution is -2.45. The fraction of sp³-hybridized carbons (Fsp3) is 0.200. The van der Waals surface area contributed by atoms with Gasteiger partial charge in [-0.25, -0.2) is 9.18 Å². The lowest BCUT2D eigenvalue weighted by molar-refractivity contribution is -0.126. The zero-order chi connectivity index (χ0) is 18.3. The molecule has 0 saturated carbocycles. The van der Waals surface area contributed by atoms with Crippen molar-refractivity contribution in [3.05, 3.63) is 82.8 Å². The number of benzene rings is 2. The maximum atomic E-state index is 14.3. The number of hydrogen-bond donors (Lipinski definition) is 1. The number of carbonyl (C=O) groups is 2. The Hall–Kier alpha value is -3.15. The molecule has 0 aliphatic carbocycles. The van der Waals surface area contributed by atoms with Crippen LogP contribution >= 0.6 is 0 Å². The molecule has 2 aliphatic rings. The minimum atomic E-state index is -0.775. The van der Waals surface area contributed by atoms with Gasteiger partial charge in [-0.15, -0.1) is 0 Å². The van der Waals surface area contributed by atoms with Gasteiger partial charge in [-0.3, -0.25) is 9.69 Å². The zero-order valence-electron chi connectivity index (χ0n) is 14.3. The van der Waals surface area contributed by atoms with Crippen molar-refractivity contribution in [2.24, 2.45) is 0 Å². The van der Waals surface area contributed by atoms with Crippen LogP contribution in [0.15, 0.2) is 65.9 Å². The molecule has 26 heavy (non-hydrogen) atoms. The molecule has 0 saturated heterocycles. The molecule has 0 fully saturated rings. The third-order valence-electron chi connectivity index (χ3n) is 4.87. The predicted octanol–water partition coefficient (Wildman–Crippen LogP) is 2.82. The number of rotatable bonds is 3. The van der Waals surface area contributed by atoms with E-state index in [1.165, 1.54) is 11.0 Å². The Morgan fingerprint density at radius 2 is 1.77 bits per heavy atom. The molecule has 0 bridgehead atoms. The summed E-state index contributed by atoms with van der Waals surface area (Å²) in [6, 6.07) is 14.8. The highest BCUT2D eigenvalue weighted by atomic mass is 19.1. The molecular weight excluding hydrogens is 333 g/mol. The van der Waals surface area contributed by atoms with Gasteiger partial charge in [0.1, 0.15) is 5.82 Å². The van der Waals surface area contributed by atoms with Crippen molar-refractivity contribution in [1.82, 2.24) is 15.1 Å². The molecule has 1 atom stereocenters. The van der Waals surface area contributed by atoms with Gasteiger partial charge in [-0.1, -0.05) is 48.5 Å². The topological polar surface area (TPSA) is 52.7 Å². The molecule has 0 spiro atoms. The number of carbonyl (C=O) groups excluding carboxylic acids is 2. The number of nitrogens with one attached hydrogen (secondary N) is 1. The summed E-state index contributed by atoms with van der Waals surface area (Å²) in [7, 11) is 1.63. The summed E-state index contributed by atoms with van der Waals surface area (Å²) in [5.74, 6) is -0.618. The van der Waals surface area contributed by atoms with Crippen LogP contribution in [0.3, 0.4) is 0 Å². The monoisotopic (exact) mass is 351 g/mol. The molecule has 0 aromatic heterocycles. The second-order valence-corrected chi connectivity index (χ2v) is 6.47. The van der Waals surface area contributed by atoms with E-state index in [2.05, 4.69) is 5.32 Å². The van der Waals surface area contributed by atoms with Crippen LogP contribution in [0.25, 0.3) is 0 Å². The zero-order valence-corrected chi connectivity index (χ0v) is 14.3. The minimum absolute atomic E-state index is 0.177. The number of urea groups is 1. The number of amides is 3. The van der Waals surface area contributed by atoms with E-state index in [9.17, 15) is 14.0 Å². The third kappa shape index (κ3) is 2.63. The molecule has 6 heteroatoms. The van der Waals surface area contributed by atoms with E-state index < -0.39 is 11.9 Å². The van der Waals surface area contributed by atoms with Crippen LogP contribution in [0, 0.1) is 5.82 Å². The van der Waals surface area contributed by atoms with Crippen molar-refractivity contribution >= 4 is 11.9 Å². The molecule has 2 heterocycles. The van der Waals surface area contributed by atoms with Crippen LogP contribution in [0.4, 0.5) is 9.18 Å². The van der Waals surface area contributed by atoms with Crippen LogP contribution in [0.5, 0.6) is 0 Å². The van der Waals surface area contributed by atoms with Gasteiger partial charge in [0.15, 0.2) is 0 Å². The van der Waals surface area contributed by atoms with Crippen molar-refractivity contribution in [3.63, 3.8) is 0 Å². The van der Waals surface area contributed by atoms with E-state index in [1.807, 2.05) is 30.3 Å². The summed E-state index contributed by atoms with van der Waals surface area (Å²) in [6.07, 6.45) is 0. The summed E-state index contributed by atoms with van der Waals surface area (Å²) in [5, 5.41) is 2.75. The van der Waals surface area contributed by atoms with Crippen molar-refractivity contribution in [2.75, 3.05) is 13.6 Å². The fourth-order valence-corrected chi connectivity index (χ4v) is 3.50. The summed E-state index contributed by atoms with van der Waals surface area (Å²) in [6.45, 7) is 0.774. The SMILES string of the molecule is CN1C(=O)N[C@@H](c2ccccc2F)C2=C1CN(Cc1ccccc1)C2=O. The number of nitrogens with zero attached hydrogens (tertiary/aromatic N) is 2. The van der Waals surface area contributed by atoms with Gasteiger partial charge in [0.05, 0.1) is 23.9 Å². The molecule has 2 aliphatic heterocycles. The Labute approximate surface area is 150 Å². The van der Waals surface area contributed by atoms with Gasteiger partial charge in [0, 0.05) is 19.2 Å². The van der Waals surface area contributed by atoms with E-state index in [0.29, 0.717) is 29.9 Å². The van der Waals surface area contributed by atoms with Gasteiger partial charge in [-0.2, -0.15) is 0 Å². The van der Waals surface area contributed by atoms with Crippen LogP contribution in [0.2, 0.25) is 0 Å².